The minimum atomic E-state index is -0.667. The van der Waals surface area contributed by atoms with Crippen molar-refractivity contribution in [3.63, 3.8) is 0 Å². The number of hydrogen-bond donors (Lipinski definition) is 3. The fourth-order valence-corrected chi connectivity index (χ4v) is 6.34. The molecule has 3 aromatic rings. The van der Waals surface area contributed by atoms with E-state index in [-0.39, 0.29) is 37.2 Å². The average molecular weight is 651 g/mol. The van der Waals surface area contributed by atoms with Crippen molar-refractivity contribution in [1.29, 1.82) is 0 Å². The second-order valence-electron chi connectivity index (χ2n) is 11.7. The van der Waals surface area contributed by atoms with Crippen LogP contribution >= 0.6 is 11.6 Å². The molecule has 0 spiro atoms. The first-order valence-electron chi connectivity index (χ1n) is 15.0. The molecule has 3 aromatic carbocycles. The number of epoxide rings is 1. The Bertz CT molecular complexity index is 1720. The molecule has 3 N–H and O–H groups in total. The van der Waals surface area contributed by atoms with Gasteiger partial charge in [-0.1, -0.05) is 41.9 Å². The number of nitrogens with zero attached hydrogens (tertiary/aromatic N) is 2. The molecule has 6 rings (SSSR count). The van der Waals surface area contributed by atoms with Crippen molar-refractivity contribution in [2.24, 2.45) is 0 Å². The number of aliphatic hydroxyl groups excluding tert-OH is 1. The van der Waals surface area contributed by atoms with Crippen LogP contribution in [0, 0.1) is 12.7 Å². The van der Waals surface area contributed by atoms with Crippen LogP contribution in [0.5, 0.6) is 5.75 Å². The summed E-state index contributed by atoms with van der Waals surface area (Å²) in [6.45, 7) is 2.80. The molecular weight excluding hydrogens is 615 g/mol. The molecule has 4 atom stereocenters. The Balaban J connectivity index is 1.26. The zero-order valence-corrected chi connectivity index (χ0v) is 26.7. The Morgan fingerprint density at radius 1 is 1.13 bits per heavy atom. The molecule has 10 nitrogen and oxygen atoms in total. The molecule has 3 aliphatic rings. The number of benzene rings is 3. The fourth-order valence-electron chi connectivity index (χ4n) is 6.00. The smallest absolute Gasteiger partial charge is 0.262 e. The van der Waals surface area contributed by atoms with E-state index in [4.69, 9.17) is 25.8 Å². The van der Waals surface area contributed by atoms with Crippen molar-refractivity contribution in [2.75, 3.05) is 39.7 Å². The Labute approximate surface area is 271 Å². The van der Waals surface area contributed by atoms with E-state index in [1.165, 1.54) is 24.3 Å². The van der Waals surface area contributed by atoms with Crippen molar-refractivity contribution >= 4 is 29.1 Å². The number of anilines is 1. The Morgan fingerprint density at radius 2 is 1.87 bits per heavy atom. The molecule has 0 radical (unpaired) electrons. The van der Waals surface area contributed by atoms with Crippen LogP contribution in [0.2, 0.25) is 5.02 Å². The third-order valence-electron chi connectivity index (χ3n) is 8.78. The van der Waals surface area contributed by atoms with Crippen molar-refractivity contribution in [1.82, 2.24) is 15.1 Å². The van der Waals surface area contributed by atoms with Crippen LogP contribution in [0.25, 0.3) is 22.3 Å². The number of hydrogen-bond acceptors (Lipinski definition) is 8. The highest BCUT2D eigenvalue weighted by Crippen LogP contribution is 2.41. The zero-order chi connectivity index (χ0) is 32.7. The molecule has 3 aliphatic heterocycles. The van der Waals surface area contributed by atoms with Crippen molar-refractivity contribution in [3.05, 3.63) is 82.3 Å². The maximum atomic E-state index is 15.6. The van der Waals surface area contributed by atoms with Gasteiger partial charge in [0.2, 0.25) is 0 Å². The number of rotatable bonds is 8. The molecule has 12 heteroatoms. The summed E-state index contributed by atoms with van der Waals surface area (Å²) < 4.78 is 31.9. The maximum absolute atomic E-state index is 15.6. The monoisotopic (exact) mass is 650 g/mol. The highest BCUT2D eigenvalue weighted by Gasteiger charge is 2.50. The fraction of sp³-hybridized carbons (Fsp3) is 0.353. The van der Waals surface area contributed by atoms with E-state index in [0.29, 0.717) is 51.7 Å². The van der Waals surface area contributed by atoms with E-state index in [9.17, 15) is 14.7 Å². The summed E-state index contributed by atoms with van der Waals surface area (Å²) in [6.07, 6.45) is 0.807. The summed E-state index contributed by atoms with van der Waals surface area (Å²) in [7, 11) is 4.85. The summed E-state index contributed by atoms with van der Waals surface area (Å²) in [5, 5.41) is 16.7. The van der Waals surface area contributed by atoms with Gasteiger partial charge in [-0.25, -0.2) is 4.39 Å². The average Bonchev–Trinajstić information content (AvgIpc) is 3.86. The summed E-state index contributed by atoms with van der Waals surface area (Å²) in [5.74, 6) is -1.07. The van der Waals surface area contributed by atoms with Gasteiger partial charge in [0, 0.05) is 61.9 Å². The van der Waals surface area contributed by atoms with Gasteiger partial charge in [0.1, 0.15) is 17.1 Å². The lowest BCUT2D eigenvalue weighted by Crippen LogP contribution is -2.46. The number of carbonyl (C=O) groups excluding carboxylic acids is 2. The molecule has 2 unspecified atom stereocenters. The molecule has 0 bridgehead atoms. The lowest BCUT2D eigenvalue weighted by atomic mass is 9.94. The van der Waals surface area contributed by atoms with E-state index in [0.717, 1.165) is 11.1 Å². The topological polar surface area (TPSA) is 116 Å². The second-order valence-corrected chi connectivity index (χ2v) is 12.1. The normalized spacial score (nSPS) is 22.6. The number of ether oxygens (including phenoxy) is 3. The van der Waals surface area contributed by atoms with Crippen LogP contribution in [0.1, 0.15) is 17.5 Å². The van der Waals surface area contributed by atoms with Gasteiger partial charge < -0.3 is 39.8 Å². The Kier molecular flexibility index (Phi) is 9.04. The lowest BCUT2D eigenvalue weighted by molar-refractivity contribution is -0.129. The Morgan fingerprint density at radius 3 is 2.63 bits per heavy atom. The molecule has 46 heavy (non-hydrogen) atoms. The number of fused-ring (bicyclic) bond motifs is 1. The number of methoxy groups -OCH3 is 1. The molecule has 0 saturated carbocycles. The minimum Gasteiger partial charge on any atom is -0.496 e. The van der Waals surface area contributed by atoms with Crippen molar-refractivity contribution < 1.29 is 33.3 Å². The van der Waals surface area contributed by atoms with Gasteiger partial charge in [0.25, 0.3) is 11.8 Å². The van der Waals surface area contributed by atoms with Crippen LogP contribution in [0.4, 0.5) is 10.1 Å². The Hall–Kier alpha value is -4.00. The van der Waals surface area contributed by atoms with Crippen LogP contribution in [0.15, 0.2) is 60.3 Å². The second kappa shape index (κ2) is 13.0. The van der Waals surface area contributed by atoms with E-state index in [1.54, 1.807) is 37.2 Å². The van der Waals surface area contributed by atoms with Gasteiger partial charge >= 0.3 is 0 Å². The van der Waals surface area contributed by atoms with E-state index < -0.39 is 23.7 Å². The maximum Gasteiger partial charge on any atom is 0.262 e. The van der Waals surface area contributed by atoms with Crippen LogP contribution in [-0.2, 0) is 25.6 Å². The third-order valence-corrected chi connectivity index (χ3v) is 9.19. The zero-order valence-electron chi connectivity index (χ0n) is 26.0. The van der Waals surface area contributed by atoms with Gasteiger partial charge in [-0.2, -0.15) is 0 Å². The summed E-state index contributed by atoms with van der Waals surface area (Å²) in [4.78, 5) is 29.5. The molecule has 2 amide bonds. The molecule has 0 aromatic heterocycles. The van der Waals surface area contributed by atoms with Gasteiger partial charge in [0.05, 0.1) is 24.8 Å². The highest BCUT2D eigenvalue weighted by atomic mass is 35.5. The molecule has 2 saturated heterocycles. The SMILES string of the molecule is COc1cc(-c2cccc(-c3cccc(NC(=O)C4=CN(C)C5OC5N(C)C4=O)c3C)c2Cl)cc(F)c1CN[C@H]1CCOC[C@@H]1O. The number of halogens is 2. The van der Waals surface area contributed by atoms with Gasteiger partial charge in [0.15, 0.2) is 12.5 Å². The largest absolute Gasteiger partial charge is 0.496 e. The first-order chi connectivity index (χ1) is 22.1. The number of nitrogens with one attached hydrogen (secondary N) is 2. The van der Waals surface area contributed by atoms with Gasteiger partial charge in [-0.15, -0.1) is 0 Å². The van der Waals surface area contributed by atoms with Crippen molar-refractivity contribution in [2.45, 2.75) is 44.5 Å². The quantitative estimate of drug-likeness (QED) is 0.245. The lowest BCUT2D eigenvalue weighted by Gasteiger charge is -2.29. The summed E-state index contributed by atoms with van der Waals surface area (Å²) >= 11 is 7.00. The number of likely N-dealkylation sites (N-methyl/N-ethyl adjacent to an activating group) is 2. The highest BCUT2D eigenvalue weighted by molar-refractivity contribution is 6.36. The van der Waals surface area contributed by atoms with E-state index in [2.05, 4.69) is 10.6 Å². The van der Waals surface area contributed by atoms with Crippen LogP contribution < -0.4 is 15.4 Å². The number of carbonyl (C=O) groups is 2. The molecule has 3 heterocycles. The summed E-state index contributed by atoms with van der Waals surface area (Å²) in [6, 6.07) is 13.9. The number of aliphatic hydroxyl groups is 1. The molecule has 0 aliphatic carbocycles. The minimum absolute atomic E-state index is 0.00388. The summed E-state index contributed by atoms with van der Waals surface area (Å²) in [5.41, 5.74) is 4.20. The first-order valence-corrected chi connectivity index (χ1v) is 15.4. The van der Waals surface area contributed by atoms with Crippen LogP contribution in [0.3, 0.4) is 0 Å². The molecule has 2 fully saturated rings. The van der Waals surface area contributed by atoms with Crippen LogP contribution in [-0.4, -0.2) is 85.7 Å². The predicted octanol–water partition coefficient (Wildman–Crippen LogP) is 4.28. The predicted molar refractivity (Wildman–Crippen MR) is 172 cm³/mol. The van der Waals surface area contributed by atoms with Gasteiger partial charge in [-0.05, 0) is 48.2 Å². The third kappa shape index (κ3) is 6.08. The van der Waals surface area contributed by atoms with E-state index >= 15 is 4.39 Å². The standard InChI is InChI=1S/C34H36ClFN4O6/c1-18-20(7-6-10-26(18)38-31(42)24-16-39(2)33-34(46-33)40(3)32(24)43)22-9-5-8-21(30(22)35)19-13-25(36)23(29(14-19)44-4)15-37-27-11-12-45-17-28(27)41/h5-10,13-14,16,27-28,33-34,37,41H,11-12,15,17H2,1-4H3,(H,38,42)/t27-,28-,33?,34?/m0/s1. The van der Waals surface area contributed by atoms with E-state index in [1.807, 2.05) is 31.2 Å². The first kappa shape index (κ1) is 32.0. The van der Waals surface area contributed by atoms with Gasteiger partial charge in [-0.3, -0.25) is 9.59 Å². The number of amides is 2. The van der Waals surface area contributed by atoms with Crippen molar-refractivity contribution in [3.8, 4) is 28.0 Å². The molecular formula is C34H36ClFN4O6. The molecule has 242 valence electrons.